The number of phenols is 1. The summed E-state index contributed by atoms with van der Waals surface area (Å²) in [6.07, 6.45) is 1.89. The Kier molecular flexibility index (Phi) is 5.74. The second-order valence-corrected chi connectivity index (χ2v) is 5.12. The molecule has 0 unspecified atom stereocenters. The molecule has 1 aromatic carbocycles. The maximum absolute atomic E-state index is 12.2. The molecule has 0 radical (unpaired) electrons. The molecule has 0 saturated carbocycles. The number of aromatic hydroxyl groups is 1. The predicted molar refractivity (Wildman–Crippen MR) is 77.3 cm³/mol. The van der Waals surface area contributed by atoms with Crippen LogP contribution in [0.4, 0.5) is 0 Å². The summed E-state index contributed by atoms with van der Waals surface area (Å²) in [6.45, 7) is 5.64. The molecule has 17 heavy (non-hydrogen) atoms. The van der Waals surface area contributed by atoms with E-state index in [4.69, 9.17) is 0 Å². The average molecular weight is 347 g/mol. The van der Waals surface area contributed by atoms with Crippen molar-refractivity contribution in [1.82, 2.24) is 4.90 Å². The first-order valence-electron chi connectivity index (χ1n) is 5.88. The van der Waals surface area contributed by atoms with Crippen molar-refractivity contribution in [2.24, 2.45) is 0 Å². The zero-order valence-corrected chi connectivity index (χ0v) is 12.4. The topological polar surface area (TPSA) is 40.5 Å². The zero-order valence-electron chi connectivity index (χ0n) is 10.2. The quantitative estimate of drug-likeness (QED) is 0.831. The Morgan fingerprint density at radius 1 is 1.29 bits per heavy atom. The Balaban J connectivity index is 2.88. The molecule has 0 saturated heterocycles. The summed E-state index contributed by atoms with van der Waals surface area (Å²) >= 11 is 2.04. The molecule has 0 aliphatic rings. The van der Waals surface area contributed by atoms with E-state index in [0.29, 0.717) is 5.56 Å². The van der Waals surface area contributed by atoms with Gasteiger partial charge in [0.25, 0.3) is 5.91 Å². The summed E-state index contributed by atoms with van der Waals surface area (Å²) in [5.41, 5.74) is 0.560. The number of amides is 1. The Bertz CT molecular complexity index is 387. The lowest BCUT2D eigenvalue weighted by molar-refractivity contribution is 0.0755. The highest BCUT2D eigenvalue weighted by atomic mass is 127. The van der Waals surface area contributed by atoms with Crippen LogP contribution in [0.5, 0.6) is 5.75 Å². The fourth-order valence-electron chi connectivity index (χ4n) is 1.68. The third kappa shape index (κ3) is 3.87. The van der Waals surface area contributed by atoms with Crippen molar-refractivity contribution in [3.63, 3.8) is 0 Å². The maximum atomic E-state index is 12.2. The van der Waals surface area contributed by atoms with Crippen molar-refractivity contribution >= 4 is 28.5 Å². The molecule has 4 heteroatoms. The van der Waals surface area contributed by atoms with Crippen LogP contribution in [0.2, 0.25) is 0 Å². The van der Waals surface area contributed by atoms with Crippen LogP contribution >= 0.6 is 22.6 Å². The highest BCUT2D eigenvalue weighted by Gasteiger charge is 2.15. The van der Waals surface area contributed by atoms with Gasteiger partial charge in [0.1, 0.15) is 5.75 Å². The molecule has 1 rings (SSSR count). The molecule has 0 fully saturated rings. The summed E-state index contributed by atoms with van der Waals surface area (Å²) in [4.78, 5) is 14.0. The number of halogens is 1. The fraction of sp³-hybridized carbons (Fsp3) is 0.462. The first kappa shape index (κ1) is 14.3. The van der Waals surface area contributed by atoms with E-state index in [1.165, 1.54) is 0 Å². The monoisotopic (exact) mass is 347 g/mol. The van der Waals surface area contributed by atoms with Crippen LogP contribution in [0.15, 0.2) is 18.2 Å². The van der Waals surface area contributed by atoms with Gasteiger partial charge in [0.05, 0.1) is 3.57 Å². The van der Waals surface area contributed by atoms with E-state index in [1.807, 2.05) is 27.5 Å². The van der Waals surface area contributed by atoms with Crippen molar-refractivity contribution in [3.8, 4) is 5.75 Å². The third-order valence-corrected chi connectivity index (χ3v) is 3.38. The van der Waals surface area contributed by atoms with Gasteiger partial charge < -0.3 is 10.0 Å². The minimum Gasteiger partial charge on any atom is -0.507 e. The highest BCUT2D eigenvalue weighted by molar-refractivity contribution is 14.1. The van der Waals surface area contributed by atoms with Crippen LogP contribution in [0.25, 0.3) is 0 Å². The standard InChI is InChI=1S/C13H18INO2/c1-3-7-15(8-4-2)13(17)10-5-6-11(14)12(16)9-10/h5-6,9,16H,3-4,7-8H2,1-2H3. The van der Waals surface area contributed by atoms with E-state index >= 15 is 0 Å². The Hall–Kier alpha value is -0.780. The van der Waals surface area contributed by atoms with Gasteiger partial charge in [0.2, 0.25) is 0 Å². The normalized spacial score (nSPS) is 10.3. The molecule has 0 atom stereocenters. The summed E-state index contributed by atoms with van der Waals surface area (Å²) < 4.78 is 0.761. The van der Waals surface area contributed by atoms with Crippen molar-refractivity contribution in [1.29, 1.82) is 0 Å². The SMILES string of the molecule is CCCN(CCC)C(=O)c1ccc(I)c(O)c1. The van der Waals surface area contributed by atoms with E-state index in [1.54, 1.807) is 18.2 Å². The van der Waals surface area contributed by atoms with Crippen LogP contribution in [0, 0.1) is 3.57 Å². The van der Waals surface area contributed by atoms with Crippen LogP contribution < -0.4 is 0 Å². The summed E-state index contributed by atoms with van der Waals surface area (Å²) in [7, 11) is 0. The molecule has 0 aliphatic carbocycles. The number of rotatable bonds is 5. The maximum Gasteiger partial charge on any atom is 0.253 e. The highest BCUT2D eigenvalue weighted by Crippen LogP contribution is 2.21. The average Bonchev–Trinajstić information content (AvgIpc) is 2.31. The Morgan fingerprint density at radius 3 is 2.35 bits per heavy atom. The minimum atomic E-state index is 0.000370. The van der Waals surface area contributed by atoms with Gasteiger partial charge in [-0.2, -0.15) is 0 Å². The number of hydrogen-bond acceptors (Lipinski definition) is 2. The number of phenolic OH excluding ortho intramolecular Hbond substituents is 1. The van der Waals surface area contributed by atoms with Gasteiger partial charge in [-0.1, -0.05) is 13.8 Å². The number of nitrogens with zero attached hydrogens (tertiary/aromatic N) is 1. The van der Waals surface area contributed by atoms with Crippen molar-refractivity contribution in [3.05, 3.63) is 27.3 Å². The number of benzene rings is 1. The second kappa shape index (κ2) is 6.83. The zero-order chi connectivity index (χ0) is 12.8. The molecule has 3 nitrogen and oxygen atoms in total. The van der Waals surface area contributed by atoms with E-state index in [-0.39, 0.29) is 11.7 Å². The molecule has 0 aromatic heterocycles. The first-order chi connectivity index (χ1) is 8.10. The second-order valence-electron chi connectivity index (χ2n) is 3.96. The van der Waals surface area contributed by atoms with Crippen molar-refractivity contribution in [2.75, 3.05) is 13.1 Å². The van der Waals surface area contributed by atoms with Crippen LogP contribution in [-0.2, 0) is 0 Å². The van der Waals surface area contributed by atoms with Crippen molar-refractivity contribution in [2.45, 2.75) is 26.7 Å². The molecule has 1 amide bonds. The Labute approximate surface area is 116 Å². The molecule has 0 bridgehead atoms. The van der Waals surface area contributed by atoms with Gasteiger partial charge in [-0.3, -0.25) is 4.79 Å². The molecular formula is C13H18INO2. The largest absolute Gasteiger partial charge is 0.507 e. The van der Waals surface area contributed by atoms with Gasteiger partial charge in [-0.05, 0) is 53.6 Å². The molecule has 94 valence electrons. The summed E-state index contributed by atoms with van der Waals surface area (Å²) in [5.74, 6) is 0.171. The van der Waals surface area contributed by atoms with Gasteiger partial charge in [-0.15, -0.1) is 0 Å². The first-order valence-corrected chi connectivity index (χ1v) is 6.95. The number of carbonyl (C=O) groups excluding carboxylic acids is 1. The number of carbonyl (C=O) groups is 1. The summed E-state index contributed by atoms with van der Waals surface area (Å²) in [6, 6.07) is 5.07. The fourth-order valence-corrected chi connectivity index (χ4v) is 2.02. The van der Waals surface area contributed by atoms with Crippen LogP contribution in [-0.4, -0.2) is 29.0 Å². The van der Waals surface area contributed by atoms with Crippen LogP contribution in [0.1, 0.15) is 37.0 Å². The molecular weight excluding hydrogens is 329 g/mol. The molecule has 0 aliphatic heterocycles. The smallest absolute Gasteiger partial charge is 0.253 e. The lowest BCUT2D eigenvalue weighted by Gasteiger charge is -2.21. The lowest BCUT2D eigenvalue weighted by atomic mass is 10.2. The predicted octanol–water partition coefficient (Wildman–Crippen LogP) is 3.26. The molecule has 0 heterocycles. The molecule has 0 spiro atoms. The molecule has 1 aromatic rings. The summed E-state index contributed by atoms with van der Waals surface area (Å²) in [5, 5.41) is 9.61. The van der Waals surface area contributed by atoms with Gasteiger partial charge in [0.15, 0.2) is 0 Å². The van der Waals surface area contributed by atoms with Gasteiger partial charge in [0, 0.05) is 18.7 Å². The van der Waals surface area contributed by atoms with E-state index < -0.39 is 0 Å². The van der Waals surface area contributed by atoms with E-state index in [9.17, 15) is 9.90 Å². The minimum absolute atomic E-state index is 0.000370. The van der Waals surface area contributed by atoms with Gasteiger partial charge in [-0.25, -0.2) is 0 Å². The van der Waals surface area contributed by atoms with Crippen LogP contribution in [0.3, 0.4) is 0 Å². The van der Waals surface area contributed by atoms with E-state index in [2.05, 4.69) is 13.8 Å². The lowest BCUT2D eigenvalue weighted by Crippen LogP contribution is -2.32. The van der Waals surface area contributed by atoms with E-state index in [0.717, 1.165) is 29.5 Å². The Morgan fingerprint density at radius 2 is 1.88 bits per heavy atom. The number of hydrogen-bond donors (Lipinski definition) is 1. The van der Waals surface area contributed by atoms with Crippen molar-refractivity contribution < 1.29 is 9.90 Å². The van der Waals surface area contributed by atoms with Gasteiger partial charge >= 0.3 is 0 Å². The third-order valence-electron chi connectivity index (χ3n) is 2.47. The molecule has 1 N–H and O–H groups in total.